The second-order valence-electron chi connectivity index (χ2n) is 8.38. The third kappa shape index (κ3) is 4.29. The molecule has 2 aliphatic carbocycles. The van der Waals surface area contributed by atoms with Gasteiger partial charge in [0.05, 0.1) is 5.52 Å². The molecule has 2 nitrogen and oxygen atoms in total. The zero-order valence-corrected chi connectivity index (χ0v) is 16.8. The first kappa shape index (κ1) is 19.2. The zero-order valence-electron chi connectivity index (χ0n) is 16.8. The topological polar surface area (TPSA) is 24.9 Å². The number of pyridine rings is 1. The van der Waals surface area contributed by atoms with E-state index in [9.17, 15) is 4.39 Å². The lowest BCUT2D eigenvalue weighted by Crippen LogP contribution is -2.30. The third-order valence-corrected chi connectivity index (χ3v) is 6.75. The molecule has 0 amide bonds. The Morgan fingerprint density at radius 1 is 1.18 bits per heavy atom. The first-order valence-electron chi connectivity index (χ1n) is 10.9. The van der Waals surface area contributed by atoms with Gasteiger partial charge in [0.1, 0.15) is 5.82 Å². The number of nitrogens with one attached hydrogen (secondary N) is 1. The summed E-state index contributed by atoms with van der Waals surface area (Å²) in [7, 11) is 0. The normalized spacial score (nSPS) is 23.4. The van der Waals surface area contributed by atoms with Gasteiger partial charge in [0.25, 0.3) is 0 Å². The van der Waals surface area contributed by atoms with Crippen LogP contribution in [-0.2, 0) is 0 Å². The summed E-state index contributed by atoms with van der Waals surface area (Å²) in [6.45, 7) is 3.42. The Hall–Kier alpha value is -2.16. The Bertz CT molecular complexity index is 862. The minimum Gasteiger partial charge on any atom is -0.388 e. The number of aromatic nitrogens is 1. The van der Waals surface area contributed by atoms with Crippen LogP contribution in [0.25, 0.3) is 10.9 Å². The van der Waals surface area contributed by atoms with Gasteiger partial charge in [-0.1, -0.05) is 25.5 Å². The number of hydrogen-bond donors (Lipinski definition) is 1. The smallest absolute Gasteiger partial charge is 0.123 e. The number of hydrogen-bond acceptors (Lipinski definition) is 2. The van der Waals surface area contributed by atoms with E-state index in [-0.39, 0.29) is 5.82 Å². The Morgan fingerprint density at radius 3 is 2.79 bits per heavy atom. The number of nitrogens with zero attached hydrogens (tertiary/aromatic N) is 1. The van der Waals surface area contributed by atoms with E-state index in [0.717, 1.165) is 42.1 Å². The molecule has 2 aromatic rings. The summed E-state index contributed by atoms with van der Waals surface area (Å²) in [5.74, 6) is 1.89. The van der Waals surface area contributed by atoms with Crippen molar-refractivity contribution in [2.24, 2.45) is 11.8 Å². The van der Waals surface area contributed by atoms with Crippen molar-refractivity contribution in [2.75, 3.05) is 6.54 Å². The van der Waals surface area contributed by atoms with Crippen LogP contribution in [0.2, 0.25) is 0 Å². The van der Waals surface area contributed by atoms with E-state index in [0.29, 0.717) is 5.92 Å². The van der Waals surface area contributed by atoms with Gasteiger partial charge in [-0.05, 0) is 92.2 Å². The molecule has 0 aliphatic heterocycles. The second kappa shape index (κ2) is 8.89. The number of benzene rings is 1. The van der Waals surface area contributed by atoms with E-state index in [1.165, 1.54) is 49.4 Å². The molecule has 0 saturated heterocycles. The largest absolute Gasteiger partial charge is 0.388 e. The molecule has 1 unspecified atom stereocenters. The number of allylic oxidation sites excluding steroid dienone is 4. The van der Waals surface area contributed by atoms with Crippen molar-refractivity contribution < 1.29 is 4.39 Å². The van der Waals surface area contributed by atoms with E-state index in [1.807, 2.05) is 6.20 Å². The molecule has 1 aromatic carbocycles. The summed E-state index contributed by atoms with van der Waals surface area (Å²) in [6, 6.07) is 7.07. The van der Waals surface area contributed by atoms with Gasteiger partial charge >= 0.3 is 0 Å². The van der Waals surface area contributed by atoms with Gasteiger partial charge in [-0.15, -0.1) is 0 Å². The van der Waals surface area contributed by atoms with Crippen LogP contribution in [0.1, 0.15) is 63.4 Å². The molecule has 148 valence electrons. The molecule has 1 fully saturated rings. The van der Waals surface area contributed by atoms with Crippen LogP contribution in [0.5, 0.6) is 0 Å². The molecule has 4 rings (SSSR count). The molecular formula is C25H31FN2. The molecule has 1 atom stereocenters. The lowest BCUT2D eigenvalue weighted by atomic mass is 9.72. The van der Waals surface area contributed by atoms with Crippen LogP contribution in [0.15, 0.2) is 54.4 Å². The number of fused-ring (bicyclic) bond motifs is 1. The highest BCUT2D eigenvalue weighted by Gasteiger charge is 2.28. The maximum Gasteiger partial charge on any atom is 0.123 e. The fourth-order valence-electron chi connectivity index (χ4n) is 5.05. The van der Waals surface area contributed by atoms with Crippen molar-refractivity contribution in [3.8, 4) is 0 Å². The average molecular weight is 379 g/mol. The van der Waals surface area contributed by atoms with Crippen molar-refractivity contribution in [3.05, 3.63) is 65.8 Å². The highest BCUT2D eigenvalue weighted by Crippen LogP contribution is 2.41. The molecule has 0 spiro atoms. The van der Waals surface area contributed by atoms with Crippen LogP contribution in [0.3, 0.4) is 0 Å². The highest BCUT2D eigenvalue weighted by atomic mass is 19.1. The summed E-state index contributed by atoms with van der Waals surface area (Å²) in [5.41, 5.74) is 3.58. The van der Waals surface area contributed by atoms with Crippen LogP contribution >= 0.6 is 0 Å². The summed E-state index contributed by atoms with van der Waals surface area (Å²) >= 11 is 0. The zero-order chi connectivity index (χ0) is 19.3. The Labute approximate surface area is 167 Å². The molecule has 28 heavy (non-hydrogen) atoms. The SMILES string of the molecule is CCC(CNC1=CC=CCC1)C1CCC(c2ccnc3ccc(F)cc23)CC1. The van der Waals surface area contributed by atoms with Gasteiger partial charge in [0, 0.05) is 23.8 Å². The van der Waals surface area contributed by atoms with Crippen molar-refractivity contribution in [2.45, 2.75) is 57.8 Å². The van der Waals surface area contributed by atoms with E-state index in [2.05, 4.69) is 41.5 Å². The summed E-state index contributed by atoms with van der Waals surface area (Å²) in [6.07, 6.45) is 17.0. The summed E-state index contributed by atoms with van der Waals surface area (Å²) < 4.78 is 13.8. The van der Waals surface area contributed by atoms with Gasteiger partial charge < -0.3 is 5.32 Å². The Balaban J connectivity index is 1.39. The first-order valence-corrected chi connectivity index (χ1v) is 10.9. The van der Waals surface area contributed by atoms with E-state index < -0.39 is 0 Å². The maximum absolute atomic E-state index is 13.8. The average Bonchev–Trinajstić information content (AvgIpc) is 2.75. The summed E-state index contributed by atoms with van der Waals surface area (Å²) in [5, 5.41) is 4.70. The third-order valence-electron chi connectivity index (χ3n) is 6.75. The maximum atomic E-state index is 13.8. The van der Waals surface area contributed by atoms with E-state index in [1.54, 1.807) is 12.1 Å². The molecule has 2 aliphatic rings. The van der Waals surface area contributed by atoms with Crippen LogP contribution in [0, 0.1) is 17.7 Å². The predicted molar refractivity (Wildman–Crippen MR) is 115 cm³/mol. The minimum absolute atomic E-state index is 0.167. The summed E-state index contributed by atoms with van der Waals surface area (Å²) in [4.78, 5) is 4.42. The van der Waals surface area contributed by atoms with Gasteiger partial charge in [-0.2, -0.15) is 0 Å². The van der Waals surface area contributed by atoms with Crippen LogP contribution in [-0.4, -0.2) is 11.5 Å². The van der Waals surface area contributed by atoms with E-state index >= 15 is 0 Å². The first-order chi connectivity index (χ1) is 13.7. The fraction of sp³-hybridized carbons (Fsp3) is 0.480. The lowest BCUT2D eigenvalue weighted by molar-refractivity contribution is 0.224. The highest BCUT2D eigenvalue weighted by molar-refractivity contribution is 5.82. The van der Waals surface area contributed by atoms with Crippen LogP contribution < -0.4 is 5.32 Å². The molecule has 3 heteroatoms. The minimum atomic E-state index is -0.167. The molecule has 1 N–H and O–H groups in total. The number of halogens is 1. The molecule has 1 saturated carbocycles. The fourth-order valence-corrected chi connectivity index (χ4v) is 5.05. The van der Waals surface area contributed by atoms with Crippen molar-refractivity contribution in [1.29, 1.82) is 0 Å². The van der Waals surface area contributed by atoms with Gasteiger partial charge in [-0.3, -0.25) is 4.98 Å². The van der Waals surface area contributed by atoms with E-state index in [4.69, 9.17) is 0 Å². The Kier molecular flexibility index (Phi) is 6.09. The second-order valence-corrected chi connectivity index (χ2v) is 8.38. The number of rotatable bonds is 6. The standard InChI is InChI=1S/C25H31FN2/c1-2-18(17-28-22-6-4-3-5-7-22)19-8-10-20(11-9-19)23-14-15-27-25-13-12-21(26)16-24(23)25/h3-4,6,12-16,18-20,28H,2,5,7-11,17H2,1H3. The van der Waals surface area contributed by atoms with Crippen molar-refractivity contribution >= 4 is 10.9 Å². The van der Waals surface area contributed by atoms with Crippen molar-refractivity contribution in [1.82, 2.24) is 10.3 Å². The van der Waals surface area contributed by atoms with Gasteiger partial charge in [0.2, 0.25) is 0 Å². The lowest BCUT2D eigenvalue weighted by Gasteiger charge is -2.34. The molecule has 1 aromatic heterocycles. The monoisotopic (exact) mass is 378 g/mol. The Morgan fingerprint density at radius 2 is 2.04 bits per heavy atom. The van der Waals surface area contributed by atoms with Crippen LogP contribution in [0.4, 0.5) is 4.39 Å². The predicted octanol–water partition coefficient (Wildman–Crippen LogP) is 6.50. The molecule has 0 radical (unpaired) electrons. The van der Waals surface area contributed by atoms with Gasteiger partial charge in [-0.25, -0.2) is 4.39 Å². The molecule has 0 bridgehead atoms. The van der Waals surface area contributed by atoms with Crippen molar-refractivity contribution in [3.63, 3.8) is 0 Å². The molecular weight excluding hydrogens is 347 g/mol. The van der Waals surface area contributed by atoms with Gasteiger partial charge in [0.15, 0.2) is 0 Å². The quantitative estimate of drug-likeness (QED) is 0.621. The molecule has 1 heterocycles.